The van der Waals surface area contributed by atoms with Crippen LogP contribution in [0.5, 0.6) is 0 Å². The topological polar surface area (TPSA) is 77.4 Å². The Morgan fingerprint density at radius 2 is 1.22 bits per heavy atom. The van der Waals surface area contributed by atoms with Crippen molar-refractivity contribution in [2.75, 3.05) is 26.2 Å². The third-order valence-corrected chi connectivity index (χ3v) is 3.31. The lowest BCUT2D eigenvalue weighted by atomic mass is 10.2. The second kappa shape index (κ2) is 10.7. The monoisotopic (exact) mass is 283 g/mol. The Morgan fingerprint density at radius 1 is 0.944 bits per heavy atom. The maximum absolute atomic E-state index is 8.63. The number of unbranched alkanes of at least 4 members (excludes halogenated alkanes) is 2. The minimum atomic E-state index is -4.92. The Bertz CT molecular complexity index is 256. The molecule has 0 rings (SSSR count). The molecule has 112 valence electrons. The Labute approximate surface area is 112 Å². The molecule has 0 aromatic rings. The van der Waals surface area contributed by atoms with Crippen LogP contribution < -0.4 is 0 Å². The Morgan fingerprint density at radius 3 is 1.39 bits per heavy atom. The summed E-state index contributed by atoms with van der Waals surface area (Å²) in [5, 5.41) is 0. The van der Waals surface area contributed by atoms with E-state index in [-0.39, 0.29) is 0 Å². The van der Waals surface area contributed by atoms with E-state index >= 15 is 0 Å². The van der Waals surface area contributed by atoms with Gasteiger partial charge in [-0.3, -0.25) is 4.55 Å². The van der Waals surface area contributed by atoms with Crippen molar-refractivity contribution in [2.45, 2.75) is 53.4 Å². The lowest BCUT2D eigenvalue weighted by Gasteiger charge is -2.37. The van der Waals surface area contributed by atoms with E-state index < -0.39 is 10.4 Å². The molecule has 0 radical (unpaired) electrons. The van der Waals surface area contributed by atoms with E-state index in [9.17, 15) is 0 Å². The third kappa shape index (κ3) is 13.9. The van der Waals surface area contributed by atoms with E-state index in [1.54, 1.807) is 0 Å². The van der Waals surface area contributed by atoms with E-state index in [0.717, 1.165) is 0 Å². The van der Waals surface area contributed by atoms with Crippen LogP contribution in [-0.2, 0) is 10.4 Å². The highest BCUT2D eigenvalue weighted by molar-refractivity contribution is 7.79. The van der Waals surface area contributed by atoms with Crippen LogP contribution in [0.1, 0.15) is 53.4 Å². The van der Waals surface area contributed by atoms with Crippen LogP contribution in [0.25, 0.3) is 0 Å². The van der Waals surface area contributed by atoms with Gasteiger partial charge in [-0.1, -0.05) is 26.7 Å². The summed E-state index contributed by atoms with van der Waals surface area (Å²) in [5.41, 5.74) is 0. The predicted molar refractivity (Wildman–Crippen MR) is 73.2 cm³/mol. The first-order chi connectivity index (χ1) is 8.24. The molecule has 5 nitrogen and oxygen atoms in total. The van der Waals surface area contributed by atoms with Crippen molar-refractivity contribution < 1.29 is 22.0 Å². The van der Waals surface area contributed by atoms with Crippen LogP contribution in [0, 0.1) is 0 Å². The van der Waals surface area contributed by atoms with E-state index in [0.29, 0.717) is 0 Å². The van der Waals surface area contributed by atoms with Crippen molar-refractivity contribution in [1.82, 2.24) is 0 Å². The largest absolute Gasteiger partial charge is 0.726 e. The average Bonchev–Trinajstić information content (AvgIpc) is 2.28. The van der Waals surface area contributed by atoms with Gasteiger partial charge in [0, 0.05) is 0 Å². The maximum Gasteiger partial charge on any atom is 0.215 e. The first-order valence-corrected chi connectivity index (χ1v) is 8.14. The second-order valence-electron chi connectivity index (χ2n) is 4.56. The number of hydrogen-bond acceptors (Lipinski definition) is 3. The molecule has 0 saturated carbocycles. The molecule has 0 heterocycles. The van der Waals surface area contributed by atoms with Gasteiger partial charge in [0.15, 0.2) is 0 Å². The van der Waals surface area contributed by atoms with Crippen LogP contribution in [0.15, 0.2) is 0 Å². The van der Waals surface area contributed by atoms with Gasteiger partial charge in [0.1, 0.15) is 0 Å². The molecule has 0 aromatic heterocycles. The summed E-state index contributed by atoms with van der Waals surface area (Å²) in [7, 11) is -4.92. The quantitative estimate of drug-likeness (QED) is 0.421. The molecule has 0 amide bonds. The number of rotatable bonds is 8. The first kappa shape index (κ1) is 20.2. The van der Waals surface area contributed by atoms with Crippen molar-refractivity contribution in [3.63, 3.8) is 0 Å². The van der Waals surface area contributed by atoms with Gasteiger partial charge in [-0.05, 0) is 26.7 Å². The normalized spacial score (nSPS) is 11.9. The number of hydrogen-bond donors (Lipinski definition) is 1. The van der Waals surface area contributed by atoms with E-state index in [1.807, 2.05) is 0 Å². The molecule has 0 aromatic carbocycles. The van der Waals surface area contributed by atoms with Gasteiger partial charge in [0.05, 0.1) is 26.2 Å². The zero-order chi connectivity index (χ0) is 14.7. The van der Waals surface area contributed by atoms with Gasteiger partial charge in [-0.2, -0.15) is 0 Å². The fourth-order valence-electron chi connectivity index (χ4n) is 1.95. The molecular formula is C12H29NO4S. The van der Waals surface area contributed by atoms with Crippen LogP contribution in [0.2, 0.25) is 0 Å². The second-order valence-corrected chi connectivity index (χ2v) is 5.41. The third-order valence-electron chi connectivity index (χ3n) is 3.31. The highest BCUT2D eigenvalue weighted by Gasteiger charge is 2.20. The molecule has 0 fully saturated rings. The molecular weight excluding hydrogens is 254 g/mol. The van der Waals surface area contributed by atoms with Crippen LogP contribution in [0.4, 0.5) is 0 Å². The molecule has 0 aliphatic carbocycles. The first-order valence-electron chi connectivity index (χ1n) is 6.78. The molecule has 0 aliphatic heterocycles. The van der Waals surface area contributed by atoms with E-state index in [1.165, 1.54) is 56.3 Å². The van der Waals surface area contributed by atoms with Gasteiger partial charge >= 0.3 is 0 Å². The maximum atomic E-state index is 8.63. The minimum Gasteiger partial charge on any atom is -0.726 e. The zero-order valence-corrected chi connectivity index (χ0v) is 13.0. The molecule has 0 aliphatic rings. The van der Waals surface area contributed by atoms with Crippen LogP contribution in [0.3, 0.4) is 0 Å². The number of quaternary nitrogens is 1. The molecule has 0 bridgehead atoms. The molecule has 6 heteroatoms. The van der Waals surface area contributed by atoms with E-state index in [2.05, 4.69) is 27.7 Å². The van der Waals surface area contributed by atoms with Crippen LogP contribution in [-0.4, -0.2) is 48.2 Å². The van der Waals surface area contributed by atoms with Crippen molar-refractivity contribution >= 4 is 10.4 Å². The van der Waals surface area contributed by atoms with Crippen molar-refractivity contribution in [3.8, 4) is 0 Å². The van der Waals surface area contributed by atoms with Crippen molar-refractivity contribution in [3.05, 3.63) is 0 Å². The number of nitrogens with zero attached hydrogens (tertiary/aromatic N) is 1. The van der Waals surface area contributed by atoms with Gasteiger partial charge in [-0.15, -0.1) is 0 Å². The van der Waals surface area contributed by atoms with Gasteiger partial charge in [0.25, 0.3) is 0 Å². The van der Waals surface area contributed by atoms with Gasteiger partial charge in [0.2, 0.25) is 10.4 Å². The average molecular weight is 283 g/mol. The fraction of sp³-hybridized carbons (Fsp3) is 1.00. The summed E-state index contributed by atoms with van der Waals surface area (Å²) in [4.78, 5) is 0. The molecule has 0 atom stereocenters. The summed E-state index contributed by atoms with van der Waals surface area (Å²) in [6.07, 6.45) is 5.47. The van der Waals surface area contributed by atoms with Crippen LogP contribution >= 0.6 is 0 Å². The summed E-state index contributed by atoms with van der Waals surface area (Å²) >= 11 is 0. The molecule has 0 unspecified atom stereocenters. The van der Waals surface area contributed by atoms with Gasteiger partial charge in [-0.25, -0.2) is 8.42 Å². The summed E-state index contributed by atoms with van der Waals surface area (Å²) in [6.45, 7) is 14.7. The lowest BCUT2D eigenvalue weighted by molar-refractivity contribution is -0.925. The van der Waals surface area contributed by atoms with Crippen molar-refractivity contribution in [1.29, 1.82) is 0 Å². The smallest absolute Gasteiger partial charge is 0.215 e. The zero-order valence-electron chi connectivity index (χ0n) is 12.2. The fourth-order valence-corrected chi connectivity index (χ4v) is 1.95. The molecule has 18 heavy (non-hydrogen) atoms. The summed E-state index contributed by atoms with van der Waals surface area (Å²) in [6, 6.07) is 0. The summed E-state index contributed by atoms with van der Waals surface area (Å²) < 4.78 is 34.2. The molecule has 0 spiro atoms. The predicted octanol–water partition coefficient (Wildman–Crippen LogP) is 2.45. The highest BCUT2D eigenvalue weighted by atomic mass is 32.3. The lowest BCUT2D eigenvalue weighted by Crippen LogP contribution is -2.49. The van der Waals surface area contributed by atoms with Gasteiger partial charge < -0.3 is 9.04 Å². The Hall–Kier alpha value is -0.170. The summed E-state index contributed by atoms with van der Waals surface area (Å²) in [5.74, 6) is 0. The van der Waals surface area contributed by atoms with Crippen molar-refractivity contribution in [2.24, 2.45) is 0 Å². The SMILES string of the molecule is CCCC[N+](CC)(CC)CCCC.O=S(=O)([O-])O. The standard InChI is InChI=1S/C12H28N.H2O4S/c1-5-9-11-13(7-3,8-4)12-10-6-2;1-5(2,3)4/h5-12H2,1-4H3;(H2,1,2,3,4)/q+1;/p-1. The molecule has 0 saturated heterocycles. The Kier molecular flexibility index (Phi) is 12.0. The van der Waals surface area contributed by atoms with E-state index in [4.69, 9.17) is 17.5 Å². The Balaban J connectivity index is 0. The highest BCUT2D eigenvalue weighted by Crippen LogP contribution is 2.11. The minimum absolute atomic E-state index is 1.32. The molecule has 1 N–H and O–H groups in total.